The van der Waals surface area contributed by atoms with Gasteiger partial charge in [0.15, 0.2) is 0 Å². The monoisotopic (exact) mass is 433 g/mol. The van der Waals surface area contributed by atoms with Gasteiger partial charge in [0.2, 0.25) is 0 Å². The van der Waals surface area contributed by atoms with E-state index in [2.05, 4.69) is 94.5 Å². The Morgan fingerprint density at radius 1 is 0.833 bits per heavy atom. The van der Waals surface area contributed by atoms with Gasteiger partial charge in [-0.1, -0.05) is 77.1 Å². The first-order valence-corrected chi connectivity index (χ1v) is 10.9. The van der Waals surface area contributed by atoms with Crippen LogP contribution in [0, 0.1) is 11.3 Å². The molecule has 0 fully saturated rings. The van der Waals surface area contributed by atoms with Crippen LogP contribution in [0.15, 0.2) is 54.6 Å². The number of rotatable bonds is 12. The summed E-state index contributed by atoms with van der Waals surface area (Å²) in [5, 5.41) is 3.41. The van der Waals surface area contributed by atoms with Gasteiger partial charge in [-0.2, -0.15) is 0 Å². The molecule has 0 aliphatic carbocycles. The first kappa shape index (κ1) is 26.5. The van der Waals surface area contributed by atoms with Gasteiger partial charge in [0.05, 0.1) is 13.2 Å². The number of hydrogen-bond acceptors (Lipinski definition) is 3. The zero-order valence-corrected chi connectivity index (χ0v) is 20.1. The van der Waals surface area contributed by atoms with Crippen molar-refractivity contribution in [2.24, 2.45) is 11.3 Å². The molecule has 0 saturated carbocycles. The number of benzene rings is 2. The Balaban J connectivity index is 0.00000450. The summed E-state index contributed by atoms with van der Waals surface area (Å²) in [6, 6.07) is 19.1. The highest BCUT2D eigenvalue weighted by atomic mass is 35.5. The Hall–Kier alpha value is -1.55. The van der Waals surface area contributed by atoms with Crippen LogP contribution in [0.3, 0.4) is 0 Å². The van der Waals surface area contributed by atoms with Crippen LogP contribution >= 0.6 is 12.4 Å². The van der Waals surface area contributed by atoms with Gasteiger partial charge in [0.1, 0.15) is 12.4 Å². The molecular weight excluding hydrogens is 394 g/mol. The van der Waals surface area contributed by atoms with E-state index in [0.717, 1.165) is 25.3 Å². The molecule has 0 amide bonds. The van der Waals surface area contributed by atoms with E-state index in [1.807, 2.05) is 0 Å². The van der Waals surface area contributed by atoms with Crippen LogP contribution < -0.4 is 10.1 Å². The van der Waals surface area contributed by atoms with Crippen molar-refractivity contribution in [3.05, 3.63) is 65.7 Å². The minimum atomic E-state index is 0. The number of hydrogen-bond donors (Lipinski definition) is 1. The van der Waals surface area contributed by atoms with Crippen molar-refractivity contribution in [3.63, 3.8) is 0 Å². The van der Waals surface area contributed by atoms with Crippen molar-refractivity contribution >= 4 is 12.4 Å². The molecule has 30 heavy (non-hydrogen) atoms. The molecule has 3 nitrogen and oxygen atoms in total. The quantitative estimate of drug-likeness (QED) is 0.409. The van der Waals surface area contributed by atoms with Crippen molar-refractivity contribution in [2.45, 2.75) is 47.0 Å². The van der Waals surface area contributed by atoms with Crippen molar-refractivity contribution < 1.29 is 9.47 Å². The fourth-order valence-corrected chi connectivity index (χ4v) is 4.12. The molecule has 0 heterocycles. The van der Waals surface area contributed by atoms with Gasteiger partial charge in [0.25, 0.3) is 0 Å². The molecule has 168 valence electrons. The predicted octanol–water partition coefficient (Wildman–Crippen LogP) is 6.12. The van der Waals surface area contributed by atoms with Crippen LogP contribution in [0.5, 0.6) is 5.75 Å². The van der Waals surface area contributed by atoms with Crippen LogP contribution in [0.2, 0.25) is 0 Å². The minimum absolute atomic E-state index is 0. The van der Waals surface area contributed by atoms with Crippen LogP contribution in [0.25, 0.3) is 0 Å². The molecule has 0 saturated heterocycles. The molecule has 2 aromatic rings. The Bertz CT molecular complexity index is 680. The molecule has 0 radical (unpaired) electrons. The lowest BCUT2D eigenvalue weighted by Gasteiger charge is -2.34. The Morgan fingerprint density at radius 3 is 2.10 bits per heavy atom. The lowest BCUT2D eigenvalue weighted by atomic mass is 9.70. The lowest BCUT2D eigenvalue weighted by Crippen LogP contribution is -2.23. The minimum Gasteiger partial charge on any atom is -0.491 e. The molecule has 0 aliphatic rings. The average molecular weight is 434 g/mol. The molecule has 0 bridgehead atoms. The first-order chi connectivity index (χ1) is 13.9. The smallest absolute Gasteiger partial charge is 0.119 e. The van der Waals surface area contributed by atoms with Crippen molar-refractivity contribution in [3.8, 4) is 5.75 Å². The van der Waals surface area contributed by atoms with E-state index in [-0.39, 0.29) is 17.8 Å². The maximum atomic E-state index is 5.83. The van der Waals surface area contributed by atoms with Crippen molar-refractivity contribution in [1.29, 1.82) is 0 Å². The second-order valence-electron chi connectivity index (χ2n) is 9.10. The van der Waals surface area contributed by atoms with Gasteiger partial charge >= 0.3 is 0 Å². The van der Waals surface area contributed by atoms with E-state index in [0.29, 0.717) is 31.7 Å². The molecule has 0 spiro atoms. The molecule has 0 aliphatic heterocycles. The fourth-order valence-electron chi connectivity index (χ4n) is 4.12. The second-order valence-corrected chi connectivity index (χ2v) is 9.10. The average Bonchev–Trinajstić information content (AvgIpc) is 2.67. The molecule has 2 rings (SSSR count). The highest BCUT2D eigenvalue weighted by Crippen LogP contribution is 2.40. The molecular formula is C26H40ClNO2. The van der Waals surface area contributed by atoms with Gasteiger partial charge in [-0.3, -0.25) is 0 Å². The fraction of sp³-hybridized carbons (Fsp3) is 0.538. The predicted molar refractivity (Wildman–Crippen MR) is 130 cm³/mol. The summed E-state index contributed by atoms with van der Waals surface area (Å²) in [4.78, 5) is 0. The molecule has 2 aromatic carbocycles. The summed E-state index contributed by atoms with van der Waals surface area (Å²) >= 11 is 0. The maximum Gasteiger partial charge on any atom is 0.119 e. The van der Waals surface area contributed by atoms with Gasteiger partial charge in [-0.25, -0.2) is 0 Å². The van der Waals surface area contributed by atoms with Gasteiger partial charge < -0.3 is 14.8 Å². The van der Waals surface area contributed by atoms with Gasteiger partial charge in [-0.05, 0) is 53.5 Å². The maximum absolute atomic E-state index is 5.83. The normalized spacial score (nSPS) is 12.5. The third-order valence-corrected chi connectivity index (χ3v) is 5.19. The Morgan fingerprint density at radius 2 is 1.50 bits per heavy atom. The van der Waals surface area contributed by atoms with Crippen LogP contribution in [-0.4, -0.2) is 32.9 Å². The molecule has 1 atom stereocenters. The largest absolute Gasteiger partial charge is 0.491 e. The molecule has 0 aromatic heterocycles. The topological polar surface area (TPSA) is 30.5 Å². The third kappa shape index (κ3) is 9.51. The van der Waals surface area contributed by atoms with Crippen molar-refractivity contribution in [1.82, 2.24) is 5.32 Å². The summed E-state index contributed by atoms with van der Waals surface area (Å²) in [5.41, 5.74) is 3.00. The van der Waals surface area contributed by atoms with Crippen molar-refractivity contribution in [2.75, 3.05) is 32.9 Å². The number of halogens is 1. The summed E-state index contributed by atoms with van der Waals surface area (Å²) in [6.07, 6.45) is 1.05. The SMILES string of the molecule is CC(C)C(c1ccc(OCCOCCNCCc2ccccc2)cc1)C(C)(C)C.Cl. The van der Waals surface area contributed by atoms with Crippen LogP contribution in [0.1, 0.15) is 51.7 Å². The van der Waals surface area contributed by atoms with E-state index in [1.165, 1.54) is 11.1 Å². The number of ether oxygens (including phenoxy) is 2. The van der Waals surface area contributed by atoms with Gasteiger partial charge in [-0.15, -0.1) is 12.4 Å². The second kappa shape index (κ2) is 13.7. The van der Waals surface area contributed by atoms with E-state index >= 15 is 0 Å². The first-order valence-electron chi connectivity index (χ1n) is 10.9. The summed E-state index contributed by atoms with van der Waals surface area (Å²) in [7, 11) is 0. The number of nitrogens with one attached hydrogen (secondary N) is 1. The summed E-state index contributed by atoms with van der Waals surface area (Å²) in [5.74, 6) is 2.06. The molecule has 1 N–H and O–H groups in total. The highest BCUT2D eigenvalue weighted by Gasteiger charge is 2.28. The zero-order valence-electron chi connectivity index (χ0n) is 19.3. The van der Waals surface area contributed by atoms with Crippen LogP contribution in [-0.2, 0) is 11.2 Å². The standard InChI is InChI=1S/C26H39NO2.ClH/c1-21(2)25(26(3,4)5)23-11-13-24(14-12-23)29-20-19-28-18-17-27-16-15-22-9-7-6-8-10-22;/h6-14,21,25,27H,15-20H2,1-5H3;1H. The summed E-state index contributed by atoms with van der Waals surface area (Å²) < 4.78 is 11.5. The third-order valence-electron chi connectivity index (χ3n) is 5.19. The van der Waals surface area contributed by atoms with Gasteiger partial charge in [0, 0.05) is 6.54 Å². The summed E-state index contributed by atoms with van der Waals surface area (Å²) in [6.45, 7) is 15.3. The zero-order chi connectivity index (χ0) is 21.1. The molecule has 4 heteroatoms. The molecule has 1 unspecified atom stereocenters. The Kier molecular flexibility index (Phi) is 12.1. The van der Waals surface area contributed by atoms with Crippen LogP contribution in [0.4, 0.5) is 0 Å². The van der Waals surface area contributed by atoms with E-state index in [1.54, 1.807) is 0 Å². The Labute approximate surface area is 190 Å². The van der Waals surface area contributed by atoms with E-state index in [9.17, 15) is 0 Å². The van der Waals surface area contributed by atoms with E-state index in [4.69, 9.17) is 9.47 Å². The lowest BCUT2D eigenvalue weighted by molar-refractivity contribution is 0.102. The highest BCUT2D eigenvalue weighted by molar-refractivity contribution is 5.85. The van der Waals surface area contributed by atoms with E-state index < -0.39 is 0 Å².